The molecule has 0 spiro atoms. The molecule has 0 atom stereocenters. The molecule has 7 nitrogen and oxygen atoms in total. The quantitative estimate of drug-likeness (QED) is 0.510. The fourth-order valence-corrected chi connectivity index (χ4v) is 1.17. The molecule has 17 heavy (non-hydrogen) atoms. The van der Waals surface area contributed by atoms with Crippen LogP contribution in [0.3, 0.4) is 0 Å². The first-order valence-corrected chi connectivity index (χ1v) is 5.24. The first-order valence-electron chi connectivity index (χ1n) is 5.24. The summed E-state index contributed by atoms with van der Waals surface area (Å²) in [6.07, 6.45) is -0.776. The molecule has 0 aromatic heterocycles. The van der Waals surface area contributed by atoms with Gasteiger partial charge in [0.25, 0.3) is 0 Å². The Morgan fingerprint density at radius 3 is 2.59 bits per heavy atom. The summed E-state index contributed by atoms with van der Waals surface area (Å²) >= 11 is 0. The second-order valence-electron chi connectivity index (χ2n) is 3.86. The minimum atomic E-state index is -0.967. The topological polar surface area (TPSA) is 91.3 Å². The van der Waals surface area contributed by atoms with Crippen molar-refractivity contribution in [3.8, 4) is 0 Å². The van der Waals surface area contributed by atoms with Crippen LogP contribution in [0.2, 0.25) is 0 Å². The van der Waals surface area contributed by atoms with E-state index in [9.17, 15) is 9.59 Å². The average molecular weight is 248 g/mol. The summed E-state index contributed by atoms with van der Waals surface area (Å²) in [6, 6.07) is 0. The highest BCUT2D eigenvalue weighted by Crippen LogP contribution is 2.23. The van der Waals surface area contributed by atoms with E-state index < -0.39 is 17.5 Å². The monoisotopic (exact) mass is 248 g/mol. The van der Waals surface area contributed by atoms with Crippen molar-refractivity contribution in [2.24, 2.45) is 5.41 Å². The summed E-state index contributed by atoms with van der Waals surface area (Å²) in [4.78, 5) is 22.3. The van der Waals surface area contributed by atoms with Gasteiger partial charge in [-0.25, -0.2) is 4.79 Å². The highest BCUT2D eigenvalue weighted by Gasteiger charge is 2.41. The maximum Gasteiger partial charge on any atom is 0.508 e. The van der Waals surface area contributed by atoms with Gasteiger partial charge in [0.15, 0.2) is 0 Å². The summed E-state index contributed by atoms with van der Waals surface area (Å²) < 4.78 is 19.1. The molecule has 1 heterocycles. The lowest BCUT2D eigenvalue weighted by atomic mass is 9.93. The minimum Gasteiger partial charge on any atom is -0.463 e. The van der Waals surface area contributed by atoms with E-state index in [2.05, 4.69) is 9.47 Å². The number of carbonyl (C=O) groups is 2. The first-order chi connectivity index (χ1) is 8.08. The van der Waals surface area contributed by atoms with Gasteiger partial charge >= 0.3 is 12.1 Å². The van der Waals surface area contributed by atoms with Crippen molar-refractivity contribution >= 4 is 12.1 Å². The molecule has 0 bridgehead atoms. The lowest BCUT2D eigenvalue weighted by molar-refractivity contribution is -0.167. The molecule has 1 saturated heterocycles. The van der Waals surface area contributed by atoms with Crippen LogP contribution in [-0.4, -0.2) is 56.9 Å². The zero-order chi connectivity index (χ0) is 12.7. The lowest BCUT2D eigenvalue weighted by Gasteiger charge is -2.29. The van der Waals surface area contributed by atoms with E-state index in [0.29, 0.717) is 0 Å². The van der Waals surface area contributed by atoms with E-state index in [1.165, 1.54) is 0 Å². The third-order valence-electron chi connectivity index (χ3n) is 2.21. The van der Waals surface area contributed by atoms with E-state index in [-0.39, 0.29) is 39.6 Å². The molecule has 0 unspecified atom stereocenters. The van der Waals surface area contributed by atoms with Crippen LogP contribution in [0.15, 0.2) is 0 Å². The van der Waals surface area contributed by atoms with Crippen molar-refractivity contribution in [2.75, 3.05) is 39.6 Å². The van der Waals surface area contributed by atoms with Gasteiger partial charge in [0.05, 0.1) is 19.8 Å². The van der Waals surface area contributed by atoms with Crippen molar-refractivity contribution in [1.29, 1.82) is 0 Å². The largest absolute Gasteiger partial charge is 0.508 e. The van der Waals surface area contributed by atoms with E-state index >= 15 is 0 Å². The molecule has 0 aromatic carbocycles. The Labute approximate surface area is 98.6 Å². The Kier molecular flexibility index (Phi) is 5.17. The zero-order valence-corrected chi connectivity index (χ0v) is 9.64. The van der Waals surface area contributed by atoms with Crippen molar-refractivity contribution in [1.82, 2.24) is 0 Å². The van der Waals surface area contributed by atoms with Crippen LogP contribution in [0, 0.1) is 5.41 Å². The van der Waals surface area contributed by atoms with Crippen LogP contribution in [-0.2, 0) is 23.7 Å². The van der Waals surface area contributed by atoms with Crippen molar-refractivity contribution in [2.45, 2.75) is 6.92 Å². The van der Waals surface area contributed by atoms with Gasteiger partial charge in [-0.3, -0.25) is 4.79 Å². The van der Waals surface area contributed by atoms with Gasteiger partial charge < -0.3 is 24.1 Å². The molecule has 1 aliphatic rings. The van der Waals surface area contributed by atoms with Gasteiger partial charge in [0.1, 0.15) is 25.2 Å². The molecule has 1 fully saturated rings. The maximum atomic E-state index is 11.7. The number of esters is 1. The third kappa shape index (κ3) is 4.20. The van der Waals surface area contributed by atoms with E-state index in [1.807, 2.05) is 0 Å². The van der Waals surface area contributed by atoms with Gasteiger partial charge in [-0.05, 0) is 6.92 Å². The molecule has 0 aromatic rings. The van der Waals surface area contributed by atoms with Crippen LogP contribution >= 0.6 is 0 Å². The summed E-state index contributed by atoms with van der Waals surface area (Å²) in [7, 11) is 0. The van der Waals surface area contributed by atoms with E-state index in [4.69, 9.17) is 14.6 Å². The van der Waals surface area contributed by atoms with Crippen LogP contribution in [0.5, 0.6) is 0 Å². The van der Waals surface area contributed by atoms with Gasteiger partial charge in [0, 0.05) is 0 Å². The van der Waals surface area contributed by atoms with Crippen LogP contribution < -0.4 is 0 Å². The summed E-state index contributed by atoms with van der Waals surface area (Å²) in [5.41, 5.74) is -0.967. The molecule has 98 valence electrons. The molecule has 1 aliphatic heterocycles. The highest BCUT2D eigenvalue weighted by atomic mass is 16.7. The van der Waals surface area contributed by atoms with Crippen molar-refractivity contribution < 1.29 is 33.6 Å². The Morgan fingerprint density at radius 1 is 1.35 bits per heavy atom. The molecule has 1 rings (SSSR count). The standard InChI is InChI=1S/C10H16O7/c1-10(6-16-9(13)17-7-10)8(12)15-5-4-14-3-2-11/h11H,2-7H2,1H3. The van der Waals surface area contributed by atoms with Gasteiger partial charge in [-0.1, -0.05) is 0 Å². The normalized spacial score (nSPS) is 18.1. The van der Waals surface area contributed by atoms with Gasteiger partial charge in [-0.2, -0.15) is 0 Å². The average Bonchev–Trinajstić information content (AvgIpc) is 2.32. The van der Waals surface area contributed by atoms with Crippen molar-refractivity contribution in [3.05, 3.63) is 0 Å². The second kappa shape index (κ2) is 6.41. The van der Waals surface area contributed by atoms with E-state index in [0.717, 1.165) is 0 Å². The summed E-state index contributed by atoms with van der Waals surface area (Å²) in [5, 5.41) is 8.45. The molecule has 7 heteroatoms. The maximum absolute atomic E-state index is 11.7. The predicted octanol–water partition coefficient (Wildman–Crippen LogP) is -0.288. The van der Waals surface area contributed by atoms with Crippen LogP contribution in [0.1, 0.15) is 6.92 Å². The second-order valence-corrected chi connectivity index (χ2v) is 3.86. The number of rotatable bonds is 6. The fraction of sp³-hybridized carbons (Fsp3) is 0.800. The Bertz CT molecular complexity index is 266. The number of cyclic esters (lactones) is 2. The number of aliphatic hydroxyl groups excluding tert-OH is 1. The molecular weight excluding hydrogens is 232 g/mol. The van der Waals surface area contributed by atoms with Gasteiger partial charge in [0.2, 0.25) is 0 Å². The number of carbonyl (C=O) groups excluding carboxylic acids is 2. The number of hydrogen-bond donors (Lipinski definition) is 1. The number of ether oxygens (including phenoxy) is 4. The third-order valence-corrected chi connectivity index (χ3v) is 2.21. The summed E-state index contributed by atoms with van der Waals surface area (Å²) in [6.45, 7) is 1.91. The Morgan fingerprint density at radius 2 is 2.00 bits per heavy atom. The molecule has 0 aliphatic carbocycles. The Balaban J connectivity index is 2.24. The Hall–Kier alpha value is -1.34. The smallest absolute Gasteiger partial charge is 0.463 e. The zero-order valence-electron chi connectivity index (χ0n) is 9.64. The number of hydrogen-bond acceptors (Lipinski definition) is 7. The van der Waals surface area contributed by atoms with Crippen LogP contribution in [0.25, 0.3) is 0 Å². The van der Waals surface area contributed by atoms with E-state index in [1.54, 1.807) is 6.92 Å². The lowest BCUT2D eigenvalue weighted by Crippen LogP contribution is -2.44. The highest BCUT2D eigenvalue weighted by molar-refractivity contribution is 5.78. The van der Waals surface area contributed by atoms with Gasteiger partial charge in [-0.15, -0.1) is 0 Å². The fourth-order valence-electron chi connectivity index (χ4n) is 1.17. The first kappa shape index (κ1) is 13.7. The van der Waals surface area contributed by atoms with Crippen LogP contribution in [0.4, 0.5) is 4.79 Å². The molecular formula is C10H16O7. The predicted molar refractivity (Wildman–Crippen MR) is 54.3 cm³/mol. The molecule has 0 saturated carbocycles. The molecule has 1 N–H and O–H groups in total. The van der Waals surface area contributed by atoms with Crippen molar-refractivity contribution in [3.63, 3.8) is 0 Å². The SMILES string of the molecule is CC1(C(=O)OCCOCCO)COC(=O)OC1. The summed E-state index contributed by atoms with van der Waals surface area (Å²) in [5.74, 6) is -0.502. The minimum absolute atomic E-state index is 0.0534. The molecule has 0 radical (unpaired) electrons. The molecule has 0 amide bonds. The number of aliphatic hydroxyl groups is 1.